The largest absolute Gasteiger partial charge is 0.444 e. The number of ether oxygens (including phenoxy) is 2. The average molecular weight is 331 g/mol. The van der Waals surface area contributed by atoms with E-state index in [0.29, 0.717) is 6.61 Å². The van der Waals surface area contributed by atoms with Crippen molar-refractivity contribution in [2.45, 2.75) is 83.8 Å². The summed E-state index contributed by atoms with van der Waals surface area (Å²) in [6.07, 6.45) is 4.04. The van der Waals surface area contributed by atoms with E-state index >= 15 is 0 Å². The number of benzene rings is 1. The minimum absolute atomic E-state index is 0.160. The number of carbonyl (C=O) groups is 1. The summed E-state index contributed by atoms with van der Waals surface area (Å²) in [6.45, 7) is 8.54. The smallest absolute Gasteiger partial charge is 0.410 e. The first-order valence-corrected chi connectivity index (χ1v) is 9.01. The molecule has 0 saturated carbocycles. The Morgan fingerprint density at radius 2 is 1.79 bits per heavy atom. The molecule has 2 aliphatic heterocycles. The highest BCUT2D eigenvalue weighted by molar-refractivity contribution is 5.69. The minimum Gasteiger partial charge on any atom is -0.444 e. The molecule has 0 radical (unpaired) electrons. The molecule has 1 aromatic carbocycles. The van der Waals surface area contributed by atoms with Crippen molar-refractivity contribution < 1.29 is 14.3 Å². The van der Waals surface area contributed by atoms with Crippen molar-refractivity contribution in [2.75, 3.05) is 0 Å². The summed E-state index contributed by atoms with van der Waals surface area (Å²) in [7, 11) is 0. The molecule has 3 rings (SSSR count). The van der Waals surface area contributed by atoms with Gasteiger partial charge in [0.15, 0.2) is 0 Å². The maximum Gasteiger partial charge on any atom is 0.410 e. The first kappa shape index (κ1) is 17.3. The molecule has 0 N–H and O–H groups in total. The van der Waals surface area contributed by atoms with Gasteiger partial charge in [-0.25, -0.2) is 4.79 Å². The number of hydrogen-bond donors (Lipinski definition) is 0. The summed E-state index contributed by atoms with van der Waals surface area (Å²) >= 11 is 0. The van der Waals surface area contributed by atoms with E-state index in [-0.39, 0.29) is 24.3 Å². The quantitative estimate of drug-likeness (QED) is 0.822. The van der Waals surface area contributed by atoms with Crippen molar-refractivity contribution in [1.29, 1.82) is 0 Å². The number of piperidine rings is 1. The zero-order chi connectivity index (χ0) is 17.3. The van der Waals surface area contributed by atoms with Crippen LogP contribution in [0.2, 0.25) is 0 Å². The number of rotatable bonds is 3. The molecule has 0 aromatic heterocycles. The highest BCUT2D eigenvalue weighted by Gasteiger charge is 2.45. The molecule has 2 unspecified atom stereocenters. The molecule has 132 valence electrons. The number of amides is 1. The summed E-state index contributed by atoms with van der Waals surface area (Å²) in [5.74, 6) is 0. The van der Waals surface area contributed by atoms with Crippen molar-refractivity contribution in [3.05, 3.63) is 35.4 Å². The van der Waals surface area contributed by atoms with E-state index in [4.69, 9.17) is 9.47 Å². The molecule has 0 spiro atoms. The first-order valence-electron chi connectivity index (χ1n) is 9.01. The van der Waals surface area contributed by atoms with Gasteiger partial charge in [0.05, 0.1) is 12.7 Å². The maximum atomic E-state index is 12.5. The lowest BCUT2D eigenvalue weighted by molar-refractivity contribution is -0.0397. The zero-order valence-corrected chi connectivity index (χ0v) is 15.2. The van der Waals surface area contributed by atoms with Crippen molar-refractivity contribution in [1.82, 2.24) is 4.90 Å². The Kier molecular flexibility index (Phi) is 4.86. The third-order valence-corrected chi connectivity index (χ3v) is 5.03. The first-order chi connectivity index (χ1) is 11.3. The van der Waals surface area contributed by atoms with Crippen LogP contribution in [-0.4, -0.2) is 34.8 Å². The summed E-state index contributed by atoms with van der Waals surface area (Å²) in [5.41, 5.74) is 2.08. The Morgan fingerprint density at radius 1 is 1.17 bits per heavy atom. The monoisotopic (exact) mass is 331 g/mol. The highest BCUT2D eigenvalue weighted by atomic mass is 16.6. The lowest BCUT2D eigenvalue weighted by atomic mass is 10.00. The van der Waals surface area contributed by atoms with E-state index in [1.807, 2.05) is 25.7 Å². The Bertz CT molecular complexity index is 579. The minimum atomic E-state index is -0.436. The van der Waals surface area contributed by atoms with Crippen LogP contribution < -0.4 is 0 Å². The topological polar surface area (TPSA) is 38.8 Å². The van der Waals surface area contributed by atoms with Gasteiger partial charge in [0, 0.05) is 12.1 Å². The van der Waals surface area contributed by atoms with E-state index in [0.717, 1.165) is 25.7 Å². The number of nitrogens with zero attached hydrogens (tertiary/aromatic N) is 1. The van der Waals surface area contributed by atoms with Crippen LogP contribution in [0.3, 0.4) is 0 Å². The summed E-state index contributed by atoms with van der Waals surface area (Å²) in [4.78, 5) is 14.4. The van der Waals surface area contributed by atoms with Crippen molar-refractivity contribution in [3.63, 3.8) is 0 Å². The van der Waals surface area contributed by atoms with Crippen molar-refractivity contribution in [3.8, 4) is 0 Å². The van der Waals surface area contributed by atoms with Gasteiger partial charge in [-0.05, 0) is 64.5 Å². The Morgan fingerprint density at radius 3 is 2.38 bits per heavy atom. The van der Waals surface area contributed by atoms with Gasteiger partial charge in [-0.1, -0.05) is 24.3 Å². The van der Waals surface area contributed by atoms with Crippen LogP contribution in [0.15, 0.2) is 24.3 Å². The molecule has 4 heteroatoms. The second kappa shape index (κ2) is 6.75. The highest BCUT2D eigenvalue weighted by Crippen LogP contribution is 2.38. The fourth-order valence-electron chi connectivity index (χ4n) is 3.86. The third-order valence-electron chi connectivity index (χ3n) is 5.03. The fourth-order valence-corrected chi connectivity index (χ4v) is 3.86. The second-order valence-electron chi connectivity index (χ2n) is 8.10. The van der Waals surface area contributed by atoms with Crippen LogP contribution in [0, 0.1) is 6.92 Å². The SMILES string of the molecule is Cc1ccccc1COC1CC2CCC(C1)N2C(=O)OC(C)(C)C. The zero-order valence-electron chi connectivity index (χ0n) is 15.2. The van der Waals surface area contributed by atoms with Crippen molar-refractivity contribution >= 4 is 6.09 Å². The molecule has 0 aliphatic carbocycles. The van der Waals surface area contributed by atoms with E-state index in [9.17, 15) is 4.79 Å². The summed E-state index contributed by atoms with van der Waals surface area (Å²) in [5, 5.41) is 0. The molecule has 2 bridgehead atoms. The lowest BCUT2D eigenvalue weighted by Crippen LogP contribution is -2.50. The number of hydrogen-bond acceptors (Lipinski definition) is 3. The lowest BCUT2D eigenvalue weighted by Gasteiger charge is -2.39. The van der Waals surface area contributed by atoms with E-state index in [1.165, 1.54) is 11.1 Å². The normalized spacial score (nSPS) is 26.5. The Hall–Kier alpha value is -1.55. The van der Waals surface area contributed by atoms with Crippen LogP contribution in [0.25, 0.3) is 0 Å². The maximum absolute atomic E-state index is 12.5. The van der Waals surface area contributed by atoms with Gasteiger partial charge in [-0.15, -0.1) is 0 Å². The predicted molar refractivity (Wildman–Crippen MR) is 93.9 cm³/mol. The molecule has 2 heterocycles. The molecule has 1 amide bonds. The molecule has 1 aromatic rings. The molecule has 2 saturated heterocycles. The van der Waals surface area contributed by atoms with Gasteiger partial charge >= 0.3 is 6.09 Å². The number of aryl methyl sites for hydroxylation is 1. The number of carbonyl (C=O) groups excluding carboxylic acids is 1. The Balaban J connectivity index is 1.57. The second-order valence-corrected chi connectivity index (χ2v) is 8.10. The van der Waals surface area contributed by atoms with Gasteiger partial charge in [-0.3, -0.25) is 0 Å². The average Bonchev–Trinajstić information content (AvgIpc) is 2.76. The van der Waals surface area contributed by atoms with Crippen LogP contribution in [0.1, 0.15) is 57.6 Å². The standard InChI is InChI=1S/C20H29NO3/c1-14-7-5-6-8-15(14)13-23-18-11-16-9-10-17(12-18)21(16)19(22)24-20(2,3)4/h5-8,16-18H,9-13H2,1-4H3. The molecule has 4 nitrogen and oxygen atoms in total. The molecule has 2 atom stereocenters. The van der Waals surface area contributed by atoms with Gasteiger partial charge in [0.25, 0.3) is 0 Å². The molecule has 24 heavy (non-hydrogen) atoms. The molecular weight excluding hydrogens is 302 g/mol. The number of fused-ring (bicyclic) bond motifs is 2. The van der Waals surface area contributed by atoms with Crippen LogP contribution >= 0.6 is 0 Å². The van der Waals surface area contributed by atoms with Gasteiger partial charge in [0.2, 0.25) is 0 Å². The molecule has 2 aliphatic rings. The van der Waals surface area contributed by atoms with Gasteiger partial charge < -0.3 is 14.4 Å². The van der Waals surface area contributed by atoms with Gasteiger partial charge in [0.1, 0.15) is 5.60 Å². The summed E-state index contributed by atoms with van der Waals surface area (Å²) < 4.78 is 11.8. The van der Waals surface area contributed by atoms with Crippen molar-refractivity contribution in [2.24, 2.45) is 0 Å². The van der Waals surface area contributed by atoms with Crippen LogP contribution in [0.4, 0.5) is 4.79 Å². The van der Waals surface area contributed by atoms with E-state index in [2.05, 4.69) is 31.2 Å². The van der Waals surface area contributed by atoms with Crippen LogP contribution in [-0.2, 0) is 16.1 Å². The van der Waals surface area contributed by atoms with E-state index in [1.54, 1.807) is 0 Å². The molecular formula is C20H29NO3. The predicted octanol–water partition coefficient (Wildman–Crippen LogP) is 4.44. The van der Waals surface area contributed by atoms with Gasteiger partial charge in [-0.2, -0.15) is 0 Å². The summed E-state index contributed by atoms with van der Waals surface area (Å²) in [6, 6.07) is 8.88. The fraction of sp³-hybridized carbons (Fsp3) is 0.650. The van der Waals surface area contributed by atoms with E-state index < -0.39 is 5.60 Å². The third kappa shape index (κ3) is 3.92. The molecule has 2 fully saturated rings. The Labute approximate surface area is 145 Å². The van der Waals surface area contributed by atoms with Crippen LogP contribution in [0.5, 0.6) is 0 Å².